The number of hydrogen-bond donors (Lipinski definition) is 0. The Morgan fingerprint density at radius 3 is 2.75 bits per heavy atom. The molecule has 0 N–H and O–H groups in total. The van der Waals surface area contributed by atoms with Gasteiger partial charge in [0.2, 0.25) is 0 Å². The van der Waals surface area contributed by atoms with Crippen molar-refractivity contribution in [1.82, 2.24) is 0 Å². The molecule has 0 aromatic heterocycles. The fourth-order valence-corrected chi connectivity index (χ4v) is 6.41. The van der Waals surface area contributed by atoms with Crippen LogP contribution in [0.15, 0.2) is 12.2 Å². The Morgan fingerprint density at radius 2 is 1.90 bits per heavy atom. The third-order valence-electron chi connectivity index (χ3n) is 7.76. The summed E-state index contributed by atoms with van der Waals surface area (Å²) in [5.74, 6) is 3.62. The summed E-state index contributed by atoms with van der Waals surface area (Å²) in [6.07, 6.45) is 15.0. The molecule has 4 rings (SSSR count). The van der Waals surface area contributed by atoms with Gasteiger partial charge in [0.1, 0.15) is 5.78 Å². The maximum absolute atomic E-state index is 11.8. The second-order valence-electron chi connectivity index (χ2n) is 8.62. The molecule has 3 fully saturated rings. The zero-order valence-corrected chi connectivity index (χ0v) is 13.0. The summed E-state index contributed by atoms with van der Waals surface area (Å²) in [5, 5.41) is 0. The van der Waals surface area contributed by atoms with E-state index in [9.17, 15) is 4.79 Å². The number of ketones is 1. The molecule has 0 aromatic carbocycles. The molecule has 0 aromatic rings. The molecular formula is C19H28O. The minimum absolute atomic E-state index is 0.414. The van der Waals surface area contributed by atoms with Crippen molar-refractivity contribution in [2.24, 2.45) is 34.5 Å². The number of allylic oxidation sites excluding steroid dienone is 2. The SMILES string of the molecule is C[C@@]12CCC[C@H]1[C@@H]1C=CC3CC(=O)CC[C@]3(C)[C@@H]1CC2. The van der Waals surface area contributed by atoms with Crippen molar-refractivity contribution in [2.75, 3.05) is 0 Å². The molecule has 0 saturated heterocycles. The van der Waals surface area contributed by atoms with Crippen LogP contribution in [0.3, 0.4) is 0 Å². The summed E-state index contributed by atoms with van der Waals surface area (Å²) >= 11 is 0. The van der Waals surface area contributed by atoms with Crippen LogP contribution in [0.5, 0.6) is 0 Å². The first-order valence-electron chi connectivity index (χ1n) is 8.73. The van der Waals surface area contributed by atoms with Crippen LogP contribution in [-0.2, 0) is 4.79 Å². The van der Waals surface area contributed by atoms with Crippen molar-refractivity contribution < 1.29 is 4.79 Å². The molecule has 0 bridgehead atoms. The molecule has 0 radical (unpaired) electrons. The molecule has 1 heteroatoms. The lowest BCUT2D eigenvalue weighted by atomic mass is 9.47. The minimum atomic E-state index is 0.414. The molecule has 0 aliphatic heterocycles. The standard InChI is InChI=1S/C19H28O/c1-18-9-3-4-16(18)15-6-5-13-12-14(20)7-11-19(13,2)17(15)8-10-18/h5-6,13,15-17H,3-4,7-12H2,1-2H3/t13?,15-,16-,17+,18-,19-/m0/s1. The van der Waals surface area contributed by atoms with E-state index in [1.54, 1.807) is 0 Å². The van der Waals surface area contributed by atoms with E-state index in [0.717, 1.165) is 37.0 Å². The van der Waals surface area contributed by atoms with Crippen LogP contribution in [0.2, 0.25) is 0 Å². The van der Waals surface area contributed by atoms with E-state index in [-0.39, 0.29) is 0 Å². The molecule has 20 heavy (non-hydrogen) atoms. The first-order valence-corrected chi connectivity index (χ1v) is 8.73. The number of fused-ring (bicyclic) bond motifs is 5. The van der Waals surface area contributed by atoms with Gasteiger partial charge in [-0.3, -0.25) is 4.79 Å². The lowest BCUT2D eigenvalue weighted by molar-refractivity contribution is -0.128. The molecule has 1 nitrogen and oxygen atoms in total. The van der Waals surface area contributed by atoms with Crippen molar-refractivity contribution in [3.63, 3.8) is 0 Å². The molecule has 4 aliphatic rings. The third kappa shape index (κ3) is 1.64. The fraction of sp³-hybridized carbons (Fsp3) is 0.842. The van der Waals surface area contributed by atoms with Gasteiger partial charge in [-0.05, 0) is 66.6 Å². The highest BCUT2D eigenvalue weighted by molar-refractivity contribution is 5.80. The smallest absolute Gasteiger partial charge is 0.133 e. The second-order valence-corrected chi connectivity index (χ2v) is 8.62. The maximum atomic E-state index is 11.8. The van der Waals surface area contributed by atoms with Crippen molar-refractivity contribution in [2.45, 2.75) is 65.2 Å². The Kier molecular flexibility index (Phi) is 2.76. The van der Waals surface area contributed by atoms with Gasteiger partial charge in [-0.1, -0.05) is 32.4 Å². The maximum Gasteiger partial charge on any atom is 0.133 e. The normalized spacial score (nSPS) is 54.2. The first-order chi connectivity index (χ1) is 9.53. The van der Waals surface area contributed by atoms with E-state index in [4.69, 9.17) is 0 Å². The van der Waals surface area contributed by atoms with Gasteiger partial charge in [0, 0.05) is 12.8 Å². The average Bonchev–Trinajstić information content (AvgIpc) is 2.81. The summed E-state index contributed by atoms with van der Waals surface area (Å²) in [7, 11) is 0. The third-order valence-corrected chi connectivity index (χ3v) is 7.76. The van der Waals surface area contributed by atoms with Gasteiger partial charge in [-0.25, -0.2) is 0 Å². The summed E-state index contributed by atoms with van der Waals surface area (Å²) < 4.78 is 0. The van der Waals surface area contributed by atoms with E-state index in [1.807, 2.05) is 0 Å². The minimum Gasteiger partial charge on any atom is -0.300 e. The average molecular weight is 272 g/mol. The molecule has 110 valence electrons. The number of Topliss-reactive ketones (excluding diaryl/α,β-unsaturated/α-hetero) is 1. The van der Waals surface area contributed by atoms with Crippen LogP contribution < -0.4 is 0 Å². The van der Waals surface area contributed by atoms with Gasteiger partial charge in [0.25, 0.3) is 0 Å². The summed E-state index contributed by atoms with van der Waals surface area (Å²) in [6.45, 7) is 5.05. The topological polar surface area (TPSA) is 17.1 Å². The van der Waals surface area contributed by atoms with Crippen molar-refractivity contribution in [1.29, 1.82) is 0 Å². The fourth-order valence-electron chi connectivity index (χ4n) is 6.41. The Labute approximate surface area is 123 Å². The Balaban J connectivity index is 1.70. The summed E-state index contributed by atoms with van der Waals surface area (Å²) in [6, 6.07) is 0. The molecule has 0 spiro atoms. The highest BCUT2D eigenvalue weighted by atomic mass is 16.1. The molecule has 0 heterocycles. The quantitative estimate of drug-likeness (QED) is 0.581. The van der Waals surface area contributed by atoms with Gasteiger partial charge in [-0.2, -0.15) is 0 Å². The highest BCUT2D eigenvalue weighted by Crippen LogP contribution is 2.64. The molecule has 0 amide bonds. The summed E-state index contributed by atoms with van der Waals surface area (Å²) in [4.78, 5) is 11.8. The predicted octanol–water partition coefficient (Wildman–Crippen LogP) is 4.76. The van der Waals surface area contributed by atoms with Crippen molar-refractivity contribution >= 4 is 5.78 Å². The first kappa shape index (κ1) is 13.1. The van der Waals surface area contributed by atoms with Gasteiger partial charge in [0.15, 0.2) is 0 Å². The number of carbonyl (C=O) groups excluding carboxylic acids is 1. The van der Waals surface area contributed by atoms with Crippen LogP contribution in [0.1, 0.15) is 65.2 Å². The molecular weight excluding hydrogens is 244 g/mol. The van der Waals surface area contributed by atoms with E-state index in [1.165, 1.54) is 32.1 Å². The largest absolute Gasteiger partial charge is 0.300 e. The second kappa shape index (κ2) is 4.21. The van der Waals surface area contributed by atoms with Crippen LogP contribution >= 0.6 is 0 Å². The Bertz CT molecular complexity index is 464. The Hall–Kier alpha value is -0.590. The zero-order chi connectivity index (χ0) is 14.0. The van der Waals surface area contributed by atoms with E-state index >= 15 is 0 Å². The van der Waals surface area contributed by atoms with Gasteiger partial charge >= 0.3 is 0 Å². The lowest BCUT2D eigenvalue weighted by Gasteiger charge is -2.57. The van der Waals surface area contributed by atoms with Crippen LogP contribution in [0, 0.1) is 34.5 Å². The number of hydrogen-bond acceptors (Lipinski definition) is 1. The van der Waals surface area contributed by atoms with Crippen LogP contribution in [0.25, 0.3) is 0 Å². The summed E-state index contributed by atoms with van der Waals surface area (Å²) in [5.41, 5.74) is 1.04. The van der Waals surface area contributed by atoms with Crippen molar-refractivity contribution in [3.8, 4) is 0 Å². The molecule has 4 aliphatic carbocycles. The van der Waals surface area contributed by atoms with Gasteiger partial charge < -0.3 is 0 Å². The van der Waals surface area contributed by atoms with E-state index in [0.29, 0.717) is 22.5 Å². The lowest BCUT2D eigenvalue weighted by Crippen LogP contribution is -2.50. The monoisotopic (exact) mass is 272 g/mol. The van der Waals surface area contributed by atoms with E-state index in [2.05, 4.69) is 26.0 Å². The molecule has 6 atom stereocenters. The van der Waals surface area contributed by atoms with E-state index < -0.39 is 0 Å². The Morgan fingerprint density at radius 1 is 1.05 bits per heavy atom. The number of carbonyl (C=O) groups is 1. The molecule has 3 saturated carbocycles. The van der Waals surface area contributed by atoms with Crippen LogP contribution in [0.4, 0.5) is 0 Å². The zero-order valence-electron chi connectivity index (χ0n) is 13.0. The van der Waals surface area contributed by atoms with Crippen LogP contribution in [-0.4, -0.2) is 5.78 Å². The highest BCUT2D eigenvalue weighted by Gasteiger charge is 2.56. The van der Waals surface area contributed by atoms with Crippen molar-refractivity contribution in [3.05, 3.63) is 12.2 Å². The number of rotatable bonds is 0. The van der Waals surface area contributed by atoms with Gasteiger partial charge in [0.05, 0.1) is 0 Å². The predicted molar refractivity (Wildman–Crippen MR) is 81.3 cm³/mol. The molecule has 1 unspecified atom stereocenters. The van der Waals surface area contributed by atoms with Gasteiger partial charge in [-0.15, -0.1) is 0 Å².